The van der Waals surface area contributed by atoms with Crippen molar-refractivity contribution in [3.63, 3.8) is 0 Å². The van der Waals surface area contributed by atoms with Crippen molar-refractivity contribution in [2.24, 2.45) is 5.73 Å². The summed E-state index contributed by atoms with van der Waals surface area (Å²) in [7, 11) is -3.26. The van der Waals surface area contributed by atoms with E-state index in [9.17, 15) is 8.42 Å². The smallest absolute Gasteiger partial charge is 0.175 e. The molecular weight excluding hydrogens is 317 g/mol. The summed E-state index contributed by atoms with van der Waals surface area (Å²) in [5.41, 5.74) is 7.62. The zero-order valence-electron chi connectivity index (χ0n) is 10.7. The van der Waals surface area contributed by atoms with E-state index < -0.39 is 15.9 Å². The lowest BCUT2D eigenvalue weighted by Crippen LogP contribution is -2.12. The van der Waals surface area contributed by atoms with E-state index in [1.165, 1.54) is 0 Å². The molecule has 0 aliphatic heterocycles. The zero-order chi connectivity index (χ0) is 14.9. The van der Waals surface area contributed by atoms with Crippen LogP contribution in [-0.2, 0) is 9.84 Å². The van der Waals surface area contributed by atoms with Gasteiger partial charge in [-0.05, 0) is 35.4 Å². The number of sulfone groups is 1. The Kier molecular flexibility index (Phi) is 4.39. The minimum absolute atomic E-state index is 0.241. The van der Waals surface area contributed by atoms with Crippen molar-refractivity contribution in [3.8, 4) is 0 Å². The van der Waals surface area contributed by atoms with E-state index in [0.717, 1.165) is 11.8 Å². The Morgan fingerprint density at radius 3 is 2.25 bits per heavy atom. The van der Waals surface area contributed by atoms with Gasteiger partial charge >= 0.3 is 0 Å². The minimum Gasteiger partial charge on any atom is -0.320 e. The molecule has 1 atom stereocenters. The molecule has 0 heterocycles. The van der Waals surface area contributed by atoms with E-state index in [0.29, 0.717) is 15.6 Å². The van der Waals surface area contributed by atoms with Crippen LogP contribution in [0.5, 0.6) is 0 Å². The molecule has 0 amide bonds. The molecule has 0 aliphatic rings. The Morgan fingerprint density at radius 2 is 1.65 bits per heavy atom. The molecule has 2 aromatic rings. The highest BCUT2D eigenvalue weighted by atomic mass is 35.5. The number of benzene rings is 2. The van der Waals surface area contributed by atoms with Crippen LogP contribution in [0.25, 0.3) is 0 Å². The van der Waals surface area contributed by atoms with Crippen LogP contribution < -0.4 is 5.73 Å². The highest BCUT2D eigenvalue weighted by molar-refractivity contribution is 7.90. The molecule has 6 heteroatoms. The molecule has 0 saturated carbocycles. The molecule has 3 nitrogen and oxygen atoms in total. The van der Waals surface area contributed by atoms with Crippen LogP contribution >= 0.6 is 23.2 Å². The second kappa shape index (κ2) is 5.74. The Labute approximate surface area is 128 Å². The van der Waals surface area contributed by atoms with Gasteiger partial charge in [0, 0.05) is 6.26 Å². The molecule has 0 aromatic heterocycles. The fourth-order valence-corrected chi connectivity index (χ4v) is 2.82. The molecule has 2 N–H and O–H groups in total. The maximum atomic E-state index is 11.6. The van der Waals surface area contributed by atoms with Gasteiger partial charge < -0.3 is 5.73 Å². The van der Waals surface area contributed by atoms with Crippen molar-refractivity contribution in [2.45, 2.75) is 10.9 Å². The average molecular weight is 330 g/mol. The third-order valence-corrected chi connectivity index (χ3v) is 4.80. The Bertz CT molecular complexity index is 745. The van der Waals surface area contributed by atoms with Crippen molar-refractivity contribution in [2.75, 3.05) is 6.26 Å². The largest absolute Gasteiger partial charge is 0.320 e. The average Bonchev–Trinajstić information content (AvgIpc) is 2.40. The summed E-state index contributed by atoms with van der Waals surface area (Å²) in [6.07, 6.45) is 1.16. The van der Waals surface area contributed by atoms with Crippen LogP contribution in [0.4, 0.5) is 0 Å². The lowest BCUT2D eigenvalue weighted by atomic mass is 10.00. The molecule has 20 heavy (non-hydrogen) atoms. The van der Waals surface area contributed by atoms with Gasteiger partial charge in [-0.1, -0.05) is 41.4 Å². The molecule has 2 aromatic carbocycles. The maximum Gasteiger partial charge on any atom is 0.175 e. The minimum atomic E-state index is -3.26. The van der Waals surface area contributed by atoms with E-state index in [4.69, 9.17) is 28.9 Å². The summed E-state index contributed by atoms with van der Waals surface area (Å²) < 4.78 is 23.1. The Hall–Kier alpha value is -1.07. The lowest BCUT2D eigenvalue weighted by Gasteiger charge is -2.14. The van der Waals surface area contributed by atoms with Gasteiger partial charge in [-0.15, -0.1) is 0 Å². The van der Waals surface area contributed by atoms with E-state index in [1.54, 1.807) is 42.5 Å². The third kappa shape index (κ3) is 3.33. The second-order valence-electron chi connectivity index (χ2n) is 4.50. The van der Waals surface area contributed by atoms with Crippen molar-refractivity contribution >= 4 is 33.0 Å². The van der Waals surface area contributed by atoms with Crippen LogP contribution in [0, 0.1) is 0 Å². The van der Waals surface area contributed by atoms with Crippen molar-refractivity contribution in [1.29, 1.82) is 0 Å². The summed E-state index contributed by atoms with van der Waals surface area (Å²) in [5.74, 6) is 0. The van der Waals surface area contributed by atoms with E-state index in [-0.39, 0.29) is 4.90 Å². The SMILES string of the molecule is CS(=O)(=O)c1cccc(C(N)c2ccc(Cl)c(Cl)c2)c1. The predicted octanol–water partition coefficient (Wildman–Crippen LogP) is 3.45. The zero-order valence-corrected chi connectivity index (χ0v) is 13.0. The molecule has 106 valence electrons. The van der Waals surface area contributed by atoms with Gasteiger partial charge in [0.2, 0.25) is 0 Å². The highest BCUT2D eigenvalue weighted by Gasteiger charge is 2.14. The molecule has 0 aliphatic carbocycles. The lowest BCUT2D eigenvalue weighted by molar-refractivity contribution is 0.601. The summed E-state index contributed by atoms with van der Waals surface area (Å²) >= 11 is 11.8. The molecule has 0 bridgehead atoms. The summed E-state index contributed by atoms with van der Waals surface area (Å²) in [4.78, 5) is 0.241. The number of rotatable bonds is 3. The third-order valence-electron chi connectivity index (χ3n) is 2.95. The maximum absolute atomic E-state index is 11.6. The van der Waals surface area contributed by atoms with Gasteiger partial charge in [0.05, 0.1) is 21.0 Å². The van der Waals surface area contributed by atoms with Gasteiger partial charge in [0.1, 0.15) is 0 Å². The Balaban J connectivity index is 2.43. The van der Waals surface area contributed by atoms with Gasteiger partial charge in [-0.25, -0.2) is 8.42 Å². The second-order valence-corrected chi connectivity index (χ2v) is 7.33. The van der Waals surface area contributed by atoms with Gasteiger partial charge in [0.25, 0.3) is 0 Å². The highest BCUT2D eigenvalue weighted by Crippen LogP contribution is 2.28. The first-order valence-electron chi connectivity index (χ1n) is 5.79. The van der Waals surface area contributed by atoms with Gasteiger partial charge in [-0.3, -0.25) is 0 Å². The first kappa shape index (κ1) is 15.3. The van der Waals surface area contributed by atoms with Crippen LogP contribution in [-0.4, -0.2) is 14.7 Å². The van der Waals surface area contributed by atoms with Crippen LogP contribution in [0.2, 0.25) is 10.0 Å². The number of hydrogen-bond donors (Lipinski definition) is 1. The summed E-state index contributed by atoms with van der Waals surface area (Å²) in [6, 6.07) is 11.2. The number of nitrogens with two attached hydrogens (primary N) is 1. The van der Waals surface area contributed by atoms with Crippen molar-refractivity contribution < 1.29 is 8.42 Å². The quantitative estimate of drug-likeness (QED) is 0.938. The fraction of sp³-hybridized carbons (Fsp3) is 0.143. The summed E-state index contributed by atoms with van der Waals surface area (Å²) in [5, 5.41) is 0.867. The van der Waals surface area contributed by atoms with E-state index >= 15 is 0 Å². The molecule has 0 saturated heterocycles. The fourth-order valence-electron chi connectivity index (χ4n) is 1.84. The van der Waals surface area contributed by atoms with E-state index in [2.05, 4.69) is 0 Å². The van der Waals surface area contributed by atoms with Gasteiger partial charge in [0.15, 0.2) is 9.84 Å². The summed E-state index contributed by atoms with van der Waals surface area (Å²) in [6.45, 7) is 0. The monoisotopic (exact) mass is 329 g/mol. The van der Waals surface area contributed by atoms with Gasteiger partial charge in [-0.2, -0.15) is 0 Å². The van der Waals surface area contributed by atoms with Crippen molar-refractivity contribution in [3.05, 3.63) is 63.6 Å². The molecule has 0 fully saturated rings. The first-order chi connectivity index (χ1) is 9.29. The molecule has 0 spiro atoms. The van der Waals surface area contributed by atoms with Crippen molar-refractivity contribution in [1.82, 2.24) is 0 Å². The molecule has 1 unspecified atom stereocenters. The standard InChI is InChI=1S/C14H13Cl2NO2S/c1-20(18,19)11-4-2-3-9(7-11)14(17)10-5-6-12(15)13(16)8-10/h2-8,14H,17H2,1H3. The van der Waals surface area contributed by atoms with Crippen LogP contribution in [0.15, 0.2) is 47.4 Å². The van der Waals surface area contributed by atoms with E-state index in [1.807, 2.05) is 0 Å². The first-order valence-corrected chi connectivity index (χ1v) is 8.44. The van der Waals surface area contributed by atoms with Crippen LogP contribution in [0.3, 0.4) is 0 Å². The molecular formula is C14H13Cl2NO2S. The number of hydrogen-bond acceptors (Lipinski definition) is 3. The predicted molar refractivity (Wildman–Crippen MR) is 82.0 cm³/mol. The molecule has 0 radical (unpaired) electrons. The normalized spacial score (nSPS) is 13.2. The van der Waals surface area contributed by atoms with Crippen LogP contribution in [0.1, 0.15) is 17.2 Å². The molecule has 2 rings (SSSR count). The topological polar surface area (TPSA) is 60.2 Å². The number of halogens is 2. The Morgan fingerprint density at radius 1 is 1.00 bits per heavy atom.